The number of aryl methyl sites for hydroxylation is 1. The molecule has 90 valence electrons. The lowest BCUT2D eigenvalue weighted by Crippen LogP contribution is -2.19. The fraction of sp³-hybridized carbons (Fsp3) is 0.571. The average molecular weight is 221 g/mol. The Kier molecular flexibility index (Phi) is 4.36. The summed E-state index contributed by atoms with van der Waals surface area (Å²) in [6.07, 6.45) is 2.19. The fourth-order valence-corrected chi connectivity index (χ4v) is 1.99. The van der Waals surface area contributed by atoms with E-state index in [4.69, 9.17) is 10.5 Å². The van der Waals surface area contributed by atoms with Crippen molar-refractivity contribution < 1.29 is 4.74 Å². The predicted molar refractivity (Wildman–Crippen MR) is 69.0 cm³/mol. The molecule has 1 rings (SSSR count). The lowest BCUT2D eigenvalue weighted by Gasteiger charge is -2.26. The molecule has 0 aliphatic rings. The molecule has 2 heteroatoms. The Bertz CT molecular complexity index is 345. The Morgan fingerprint density at radius 3 is 2.50 bits per heavy atom. The number of benzene rings is 1. The first-order valence-corrected chi connectivity index (χ1v) is 5.86. The molecule has 1 aromatic rings. The highest BCUT2D eigenvalue weighted by Crippen LogP contribution is 2.31. The summed E-state index contributed by atoms with van der Waals surface area (Å²) in [5, 5.41) is 0. The van der Waals surface area contributed by atoms with Crippen molar-refractivity contribution in [3.8, 4) is 5.75 Å². The molecular weight excluding hydrogens is 198 g/mol. The van der Waals surface area contributed by atoms with Crippen LogP contribution in [0.15, 0.2) is 18.2 Å². The van der Waals surface area contributed by atoms with Gasteiger partial charge in [-0.2, -0.15) is 0 Å². The van der Waals surface area contributed by atoms with Gasteiger partial charge in [-0.1, -0.05) is 26.0 Å². The smallest absolute Gasteiger partial charge is 0.121 e. The van der Waals surface area contributed by atoms with E-state index in [9.17, 15) is 0 Å². The van der Waals surface area contributed by atoms with Gasteiger partial charge in [-0.25, -0.2) is 0 Å². The third kappa shape index (κ3) is 2.99. The van der Waals surface area contributed by atoms with Gasteiger partial charge in [0.2, 0.25) is 0 Å². The highest BCUT2D eigenvalue weighted by atomic mass is 16.5. The molecule has 1 aromatic carbocycles. The van der Waals surface area contributed by atoms with Gasteiger partial charge >= 0.3 is 0 Å². The van der Waals surface area contributed by atoms with E-state index in [2.05, 4.69) is 39.0 Å². The van der Waals surface area contributed by atoms with Crippen LogP contribution in [0.5, 0.6) is 5.75 Å². The van der Waals surface area contributed by atoms with Crippen LogP contribution in [0.2, 0.25) is 0 Å². The van der Waals surface area contributed by atoms with Crippen molar-refractivity contribution >= 4 is 0 Å². The van der Waals surface area contributed by atoms with Crippen molar-refractivity contribution in [2.24, 2.45) is 5.73 Å². The summed E-state index contributed by atoms with van der Waals surface area (Å²) in [5.41, 5.74) is 8.32. The average Bonchev–Trinajstić information content (AvgIpc) is 2.26. The standard InChI is InChI=1S/C14H23NO/c1-11-10-12(6-7-13(11)16-4)14(2,3)8-5-9-15/h6-7,10H,5,8-9,15H2,1-4H3. The molecule has 2 nitrogen and oxygen atoms in total. The van der Waals surface area contributed by atoms with Crippen molar-refractivity contribution in [2.45, 2.75) is 39.0 Å². The van der Waals surface area contributed by atoms with Crippen LogP contribution in [0.4, 0.5) is 0 Å². The minimum atomic E-state index is 0.191. The molecule has 0 unspecified atom stereocenters. The Morgan fingerprint density at radius 1 is 1.31 bits per heavy atom. The molecule has 0 atom stereocenters. The molecule has 0 saturated carbocycles. The van der Waals surface area contributed by atoms with Crippen molar-refractivity contribution in [3.05, 3.63) is 29.3 Å². The van der Waals surface area contributed by atoms with Crippen molar-refractivity contribution in [3.63, 3.8) is 0 Å². The second-order valence-electron chi connectivity index (χ2n) is 4.96. The maximum atomic E-state index is 5.57. The van der Waals surface area contributed by atoms with E-state index in [0.717, 1.165) is 25.1 Å². The monoisotopic (exact) mass is 221 g/mol. The van der Waals surface area contributed by atoms with Gasteiger partial charge in [0.15, 0.2) is 0 Å². The quantitative estimate of drug-likeness (QED) is 0.829. The highest BCUT2D eigenvalue weighted by Gasteiger charge is 2.20. The lowest BCUT2D eigenvalue weighted by atomic mass is 9.80. The van der Waals surface area contributed by atoms with Crippen LogP contribution in [0, 0.1) is 6.92 Å². The summed E-state index contributed by atoms with van der Waals surface area (Å²) in [7, 11) is 1.71. The zero-order valence-corrected chi connectivity index (χ0v) is 10.8. The highest BCUT2D eigenvalue weighted by molar-refractivity contribution is 5.38. The van der Waals surface area contributed by atoms with E-state index in [1.165, 1.54) is 11.1 Å². The number of methoxy groups -OCH3 is 1. The number of hydrogen-bond donors (Lipinski definition) is 1. The Balaban J connectivity index is 2.91. The van der Waals surface area contributed by atoms with Gasteiger partial charge < -0.3 is 10.5 Å². The maximum Gasteiger partial charge on any atom is 0.121 e. The van der Waals surface area contributed by atoms with Crippen molar-refractivity contribution in [1.29, 1.82) is 0 Å². The third-order valence-electron chi connectivity index (χ3n) is 3.18. The first-order chi connectivity index (χ1) is 7.51. The van der Waals surface area contributed by atoms with Crippen LogP contribution >= 0.6 is 0 Å². The van der Waals surface area contributed by atoms with Crippen LogP contribution < -0.4 is 10.5 Å². The van der Waals surface area contributed by atoms with Crippen molar-refractivity contribution in [1.82, 2.24) is 0 Å². The van der Waals surface area contributed by atoms with Crippen LogP contribution in [-0.2, 0) is 5.41 Å². The Hall–Kier alpha value is -1.02. The van der Waals surface area contributed by atoms with Gasteiger partial charge in [-0.15, -0.1) is 0 Å². The topological polar surface area (TPSA) is 35.2 Å². The molecular formula is C14H23NO. The Labute approximate surface area is 98.8 Å². The summed E-state index contributed by atoms with van der Waals surface area (Å²) >= 11 is 0. The predicted octanol–water partition coefficient (Wildman–Crippen LogP) is 3.02. The first-order valence-electron chi connectivity index (χ1n) is 5.86. The summed E-state index contributed by atoms with van der Waals surface area (Å²) in [6.45, 7) is 7.38. The molecule has 0 fully saturated rings. The lowest BCUT2D eigenvalue weighted by molar-refractivity contribution is 0.410. The van der Waals surface area contributed by atoms with Gasteiger partial charge in [-0.3, -0.25) is 0 Å². The second kappa shape index (κ2) is 5.35. The largest absolute Gasteiger partial charge is 0.496 e. The van der Waals surface area contributed by atoms with Gasteiger partial charge in [-0.05, 0) is 48.9 Å². The molecule has 0 amide bonds. The molecule has 0 radical (unpaired) electrons. The third-order valence-corrected chi connectivity index (χ3v) is 3.18. The SMILES string of the molecule is COc1ccc(C(C)(C)CCCN)cc1C. The molecule has 2 N–H and O–H groups in total. The Morgan fingerprint density at radius 2 is 2.00 bits per heavy atom. The van der Waals surface area contributed by atoms with E-state index in [1.54, 1.807) is 7.11 Å². The summed E-state index contributed by atoms with van der Waals surface area (Å²) in [4.78, 5) is 0. The van der Waals surface area contributed by atoms with Crippen LogP contribution in [0.3, 0.4) is 0 Å². The van der Waals surface area contributed by atoms with E-state index in [1.807, 2.05) is 0 Å². The van der Waals surface area contributed by atoms with Gasteiger partial charge in [0, 0.05) is 0 Å². The molecule has 0 aliphatic heterocycles. The van der Waals surface area contributed by atoms with Gasteiger partial charge in [0.05, 0.1) is 7.11 Å². The zero-order valence-electron chi connectivity index (χ0n) is 10.8. The summed E-state index contributed by atoms with van der Waals surface area (Å²) in [6, 6.07) is 6.42. The molecule has 0 bridgehead atoms. The van der Waals surface area contributed by atoms with Crippen LogP contribution in [-0.4, -0.2) is 13.7 Å². The van der Waals surface area contributed by atoms with Crippen LogP contribution in [0.25, 0.3) is 0 Å². The van der Waals surface area contributed by atoms with E-state index < -0.39 is 0 Å². The first kappa shape index (κ1) is 13.0. The molecule has 0 aliphatic carbocycles. The normalized spacial score (nSPS) is 11.6. The zero-order chi connectivity index (χ0) is 12.2. The maximum absolute atomic E-state index is 5.57. The summed E-state index contributed by atoms with van der Waals surface area (Å²) in [5.74, 6) is 0.957. The van der Waals surface area contributed by atoms with Crippen molar-refractivity contribution in [2.75, 3.05) is 13.7 Å². The molecule has 16 heavy (non-hydrogen) atoms. The number of nitrogens with two attached hydrogens (primary N) is 1. The number of rotatable bonds is 5. The minimum absolute atomic E-state index is 0.191. The van der Waals surface area contributed by atoms with Gasteiger partial charge in [0.1, 0.15) is 5.75 Å². The number of ether oxygens (including phenoxy) is 1. The van der Waals surface area contributed by atoms with Gasteiger partial charge in [0.25, 0.3) is 0 Å². The molecule has 0 saturated heterocycles. The molecule has 0 spiro atoms. The second-order valence-corrected chi connectivity index (χ2v) is 4.96. The molecule has 0 heterocycles. The molecule has 0 aromatic heterocycles. The fourth-order valence-electron chi connectivity index (χ4n) is 1.99. The van der Waals surface area contributed by atoms with E-state index in [0.29, 0.717) is 0 Å². The minimum Gasteiger partial charge on any atom is -0.496 e. The summed E-state index contributed by atoms with van der Waals surface area (Å²) < 4.78 is 5.27. The van der Waals surface area contributed by atoms with Crippen LogP contribution in [0.1, 0.15) is 37.8 Å². The van der Waals surface area contributed by atoms with E-state index in [-0.39, 0.29) is 5.41 Å². The van der Waals surface area contributed by atoms with E-state index >= 15 is 0 Å². The number of hydrogen-bond acceptors (Lipinski definition) is 2.